The van der Waals surface area contributed by atoms with Crippen LogP contribution in [0.2, 0.25) is 0 Å². The first-order chi connectivity index (χ1) is 9.33. The fourth-order valence-electron chi connectivity index (χ4n) is 1.77. The highest BCUT2D eigenvalue weighted by molar-refractivity contribution is 7.18. The lowest BCUT2D eigenvalue weighted by molar-refractivity contribution is 0.0472. The van der Waals surface area contributed by atoms with E-state index in [0.717, 1.165) is 15.2 Å². The van der Waals surface area contributed by atoms with Crippen molar-refractivity contribution in [2.45, 2.75) is 6.61 Å². The number of hydrogen-bond acceptors (Lipinski definition) is 4. The number of carbonyl (C=O) groups is 1. The zero-order chi connectivity index (χ0) is 13.1. The monoisotopic (exact) mass is 269 g/mol. The second kappa shape index (κ2) is 5.20. The molecular weight excluding hydrogens is 258 g/mol. The van der Waals surface area contributed by atoms with Gasteiger partial charge >= 0.3 is 5.97 Å². The molecule has 19 heavy (non-hydrogen) atoms. The molecule has 0 N–H and O–H groups in total. The van der Waals surface area contributed by atoms with Crippen LogP contribution in [0, 0.1) is 0 Å². The first kappa shape index (κ1) is 11.9. The fourth-order valence-corrected chi connectivity index (χ4v) is 2.65. The maximum absolute atomic E-state index is 11.8. The fraction of sp³-hybridized carbons (Fsp3) is 0.0667. The molecule has 0 aliphatic heterocycles. The molecule has 1 heterocycles. The molecular formula is C15H11NO2S. The molecule has 0 aliphatic carbocycles. The standard InChI is InChI=1S/C15H11NO2S/c17-15(11-6-2-1-3-7-11)18-10-14-16-12-8-4-5-9-13(12)19-14/h1-9H,10H2. The van der Waals surface area contributed by atoms with Crippen molar-refractivity contribution in [1.29, 1.82) is 0 Å². The summed E-state index contributed by atoms with van der Waals surface area (Å²) in [5, 5.41) is 0.811. The molecule has 3 rings (SSSR count). The van der Waals surface area contributed by atoms with Gasteiger partial charge in [-0.3, -0.25) is 0 Å². The lowest BCUT2D eigenvalue weighted by Crippen LogP contribution is -2.04. The zero-order valence-electron chi connectivity index (χ0n) is 10.1. The molecule has 0 aliphatic rings. The number of benzene rings is 2. The number of aromatic nitrogens is 1. The predicted octanol–water partition coefficient (Wildman–Crippen LogP) is 3.65. The summed E-state index contributed by atoms with van der Waals surface area (Å²) in [7, 11) is 0. The number of carbonyl (C=O) groups excluding carboxylic acids is 1. The summed E-state index contributed by atoms with van der Waals surface area (Å²) in [6, 6.07) is 16.8. The Bertz CT molecular complexity index is 673. The highest BCUT2D eigenvalue weighted by atomic mass is 32.1. The first-order valence-corrected chi connectivity index (χ1v) is 6.71. The van der Waals surface area contributed by atoms with Gasteiger partial charge in [-0.2, -0.15) is 0 Å². The molecule has 0 fully saturated rings. The van der Waals surface area contributed by atoms with Crippen LogP contribution >= 0.6 is 11.3 Å². The van der Waals surface area contributed by atoms with E-state index in [-0.39, 0.29) is 12.6 Å². The molecule has 0 unspecified atom stereocenters. The molecule has 3 nitrogen and oxygen atoms in total. The number of hydrogen-bond donors (Lipinski definition) is 0. The Morgan fingerprint density at radius 1 is 1.05 bits per heavy atom. The third kappa shape index (κ3) is 2.63. The van der Waals surface area contributed by atoms with Crippen LogP contribution in [0.15, 0.2) is 54.6 Å². The third-order valence-electron chi connectivity index (χ3n) is 2.67. The van der Waals surface area contributed by atoms with Crippen molar-refractivity contribution in [2.24, 2.45) is 0 Å². The van der Waals surface area contributed by atoms with Crippen molar-refractivity contribution in [3.05, 3.63) is 65.2 Å². The van der Waals surface area contributed by atoms with Crippen LogP contribution in [0.4, 0.5) is 0 Å². The zero-order valence-corrected chi connectivity index (χ0v) is 10.9. The van der Waals surface area contributed by atoms with Crippen molar-refractivity contribution in [1.82, 2.24) is 4.98 Å². The summed E-state index contributed by atoms with van der Waals surface area (Å²) in [5.41, 5.74) is 1.50. The minimum atomic E-state index is -0.320. The average Bonchev–Trinajstić information content (AvgIpc) is 2.88. The molecule has 0 saturated carbocycles. The summed E-state index contributed by atoms with van der Waals surface area (Å²) in [4.78, 5) is 16.2. The number of nitrogens with zero attached hydrogens (tertiary/aromatic N) is 1. The number of fused-ring (bicyclic) bond motifs is 1. The Morgan fingerprint density at radius 2 is 1.79 bits per heavy atom. The van der Waals surface area contributed by atoms with Crippen LogP contribution < -0.4 is 0 Å². The Hall–Kier alpha value is -2.20. The largest absolute Gasteiger partial charge is 0.455 e. The average molecular weight is 269 g/mol. The molecule has 2 aromatic carbocycles. The highest BCUT2D eigenvalue weighted by Gasteiger charge is 2.08. The Kier molecular flexibility index (Phi) is 3.25. The van der Waals surface area contributed by atoms with Gasteiger partial charge in [-0.05, 0) is 24.3 Å². The molecule has 1 aromatic heterocycles. The summed E-state index contributed by atoms with van der Waals surface area (Å²) < 4.78 is 6.36. The molecule has 0 amide bonds. The summed E-state index contributed by atoms with van der Waals surface area (Å²) in [5.74, 6) is -0.320. The van der Waals surface area contributed by atoms with E-state index < -0.39 is 0 Å². The summed E-state index contributed by atoms with van der Waals surface area (Å²) in [6.45, 7) is 0.215. The molecule has 3 aromatic rings. The normalized spacial score (nSPS) is 10.5. The quantitative estimate of drug-likeness (QED) is 0.681. The Labute approximate surface area is 114 Å². The van der Waals surface area contributed by atoms with E-state index in [1.807, 2.05) is 42.5 Å². The Morgan fingerprint density at radius 3 is 2.58 bits per heavy atom. The van der Waals surface area contributed by atoms with Crippen LogP contribution in [0.1, 0.15) is 15.4 Å². The number of rotatable bonds is 3. The molecule has 0 atom stereocenters. The maximum Gasteiger partial charge on any atom is 0.338 e. The minimum Gasteiger partial charge on any atom is -0.455 e. The van der Waals surface area contributed by atoms with Crippen LogP contribution in [-0.4, -0.2) is 11.0 Å². The van der Waals surface area contributed by atoms with Crippen molar-refractivity contribution >= 4 is 27.5 Å². The first-order valence-electron chi connectivity index (χ1n) is 5.89. The SMILES string of the molecule is O=C(OCc1nc2ccccc2s1)c1ccccc1. The van der Waals surface area contributed by atoms with E-state index in [0.29, 0.717) is 5.56 Å². The second-order valence-electron chi connectivity index (χ2n) is 4.02. The van der Waals surface area contributed by atoms with Crippen LogP contribution in [0.5, 0.6) is 0 Å². The number of thiazole rings is 1. The minimum absolute atomic E-state index is 0.215. The van der Waals surface area contributed by atoms with E-state index in [1.165, 1.54) is 0 Å². The highest BCUT2D eigenvalue weighted by Crippen LogP contribution is 2.22. The second-order valence-corrected chi connectivity index (χ2v) is 5.13. The topological polar surface area (TPSA) is 39.2 Å². The molecule has 0 bridgehead atoms. The third-order valence-corrected chi connectivity index (χ3v) is 3.68. The molecule has 0 saturated heterocycles. The van der Waals surface area contributed by atoms with E-state index >= 15 is 0 Å². The van der Waals surface area contributed by atoms with Gasteiger partial charge in [0.1, 0.15) is 11.6 Å². The van der Waals surface area contributed by atoms with Gasteiger partial charge in [0.05, 0.1) is 15.8 Å². The summed E-state index contributed by atoms with van der Waals surface area (Å²) in [6.07, 6.45) is 0. The van der Waals surface area contributed by atoms with E-state index in [9.17, 15) is 4.79 Å². The molecule has 4 heteroatoms. The van der Waals surface area contributed by atoms with Crippen LogP contribution in [0.3, 0.4) is 0 Å². The van der Waals surface area contributed by atoms with E-state index in [2.05, 4.69) is 4.98 Å². The van der Waals surface area contributed by atoms with Crippen molar-refractivity contribution in [2.75, 3.05) is 0 Å². The van der Waals surface area contributed by atoms with Gasteiger partial charge < -0.3 is 4.74 Å². The Balaban J connectivity index is 1.71. The van der Waals surface area contributed by atoms with Crippen LogP contribution in [0.25, 0.3) is 10.2 Å². The molecule has 0 spiro atoms. The lowest BCUT2D eigenvalue weighted by Gasteiger charge is -2.01. The van der Waals surface area contributed by atoms with Crippen molar-refractivity contribution in [3.63, 3.8) is 0 Å². The van der Waals surface area contributed by atoms with Gasteiger partial charge in [0, 0.05) is 0 Å². The molecule has 0 radical (unpaired) electrons. The smallest absolute Gasteiger partial charge is 0.338 e. The van der Waals surface area contributed by atoms with Crippen molar-refractivity contribution < 1.29 is 9.53 Å². The molecule has 94 valence electrons. The predicted molar refractivity (Wildman–Crippen MR) is 75.2 cm³/mol. The lowest BCUT2D eigenvalue weighted by atomic mass is 10.2. The van der Waals surface area contributed by atoms with E-state index in [1.54, 1.807) is 23.5 Å². The van der Waals surface area contributed by atoms with Gasteiger partial charge in [0.15, 0.2) is 0 Å². The number of esters is 1. The van der Waals surface area contributed by atoms with Crippen molar-refractivity contribution in [3.8, 4) is 0 Å². The maximum atomic E-state index is 11.8. The van der Waals surface area contributed by atoms with Gasteiger partial charge in [0.25, 0.3) is 0 Å². The summed E-state index contributed by atoms with van der Waals surface area (Å²) >= 11 is 1.55. The van der Waals surface area contributed by atoms with Gasteiger partial charge in [-0.15, -0.1) is 11.3 Å². The van der Waals surface area contributed by atoms with Gasteiger partial charge in [-0.1, -0.05) is 30.3 Å². The van der Waals surface area contributed by atoms with Crippen LogP contribution in [-0.2, 0) is 11.3 Å². The van der Waals surface area contributed by atoms with Gasteiger partial charge in [-0.25, -0.2) is 9.78 Å². The number of para-hydroxylation sites is 1. The van der Waals surface area contributed by atoms with E-state index in [4.69, 9.17) is 4.74 Å². The van der Waals surface area contributed by atoms with Gasteiger partial charge in [0.2, 0.25) is 0 Å². The number of ether oxygens (including phenoxy) is 1.